The van der Waals surface area contributed by atoms with E-state index in [4.69, 9.17) is 4.98 Å². The van der Waals surface area contributed by atoms with Gasteiger partial charge in [-0.05, 0) is 65.0 Å². The van der Waals surface area contributed by atoms with Crippen LogP contribution < -0.4 is 4.90 Å². The Morgan fingerprint density at radius 3 is 1.95 bits per heavy atom. The Balaban J connectivity index is 1.48. The summed E-state index contributed by atoms with van der Waals surface area (Å²) in [6.07, 6.45) is 0. The van der Waals surface area contributed by atoms with Crippen LogP contribution in [0.2, 0.25) is 0 Å². The lowest BCUT2D eigenvalue weighted by atomic mass is 9.73. The summed E-state index contributed by atoms with van der Waals surface area (Å²) >= 11 is 0. The van der Waals surface area contributed by atoms with Gasteiger partial charge in [0.05, 0.1) is 27.9 Å². The van der Waals surface area contributed by atoms with Crippen LogP contribution in [0.5, 0.6) is 0 Å². The van der Waals surface area contributed by atoms with E-state index in [0.29, 0.717) is 0 Å². The number of hydrogen-bond acceptors (Lipinski definition) is 2. The highest BCUT2D eigenvalue weighted by Gasteiger charge is 2.36. The standard InChI is InChI=1S/C34H25N3/c1-34(2)26-12-4-8-16-30(26)36(31-17-9-5-13-27(31)34)22-19-20-24-25(21-22)23-11-3-7-15-29(23)37-32-18-10-6-14-28(32)35-33(24)37/h3-21H,1-2H3. The van der Waals surface area contributed by atoms with Crippen molar-refractivity contribution in [2.24, 2.45) is 0 Å². The van der Waals surface area contributed by atoms with E-state index in [-0.39, 0.29) is 5.41 Å². The highest BCUT2D eigenvalue weighted by atomic mass is 15.2. The first kappa shape index (κ1) is 20.6. The van der Waals surface area contributed by atoms with Gasteiger partial charge in [-0.25, -0.2) is 4.98 Å². The number of benzene rings is 5. The summed E-state index contributed by atoms with van der Waals surface area (Å²) in [7, 11) is 0. The average molecular weight is 476 g/mol. The number of aromatic nitrogens is 2. The number of rotatable bonds is 1. The molecular weight excluding hydrogens is 450 g/mol. The van der Waals surface area contributed by atoms with Crippen LogP contribution in [-0.2, 0) is 5.41 Å². The van der Waals surface area contributed by atoms with Crippen LogP contribution in [0.3, 0.4) is 0 Å². The van der Waals surface area contributed by atoms with Gasteiger partial charge in [0.25, 0.3) is 0 Å². The Labute approximate surface area is 215 Å². The monoisotopic (exact) mass is 475 g/mol. The lowest BCUT2D eigenvalue weighted by molar-refractivity contribution is 0.632. The zero-order valence-corrected chi connectivity index (χ0v) is 20.8. The molecule has 3 heteroatoms. The van der Waals surface area contributed by atoms with E-state index in [2.05, 4.69) is 138 Å². The Kier molecular flexibility index (Phi) is 4.00. The molecule has 0 atom stereocenters. The first-order valence-electron chi connectivity index (χ1n) is 12.8. The van der Waals surface area contributed by atoms with Gasteiger partial charge in [-0.2, -0.15) is 0 Å². The fourth-order valence-corrected chi connectivity index (χ4v) is 6.38. The van der Waals surface area contributed by atoms with E-state index in [1.807, 2.05) is 0 Å². The molecule has 3 heterocycles. The first-order valence-corrected chi connectivity index (χ1v) is 12.8. The lowest BCUT2D eigenvalue weighted by Crippen LogP contribution is -2.30. The smallest absolute Gasteiger partial charge is 0.146 e. The molecular formula is C34H25N3. The number of hydrogen-bond donors (Lipinski definition) is 0. The van der Waals surface area contributed by atoms with Crippen LogP contribution in [0.25, 0.3) is 38.4 Å². The molecule has 5 aromatic carbocycles. The minimum atomic E-state index is -0.0741. The third-order valence-corrected chi connectivity index (χ3v) is 8.13. The Hall–Kier alpha value is -4.63. The molecule has 1 aliphatic heterocycles. The molecule has 0 fully saturated rings. The summed E-state index contributed by atoms with van der Waals surface area (Å²) in [4.78, 5) is 7.50. The van der Waals surface area contributed by atoms with Crippen molar-refractivity contribution in [2.75, 3.05) is 4.90 Å². The quantitative estimate of drug-likeness (QED) is 0.221. The van der Waals surface area contributed by atoms with Crippen molar-refractivity contribution in [3.8, 4) is 0 Å². The van der Waals surface area contributed by atoms with Crippen molar-refractivity contribution < 1.29 is 0 Å². The molecule has 37 heavy (non-hydrogen) atoms. The van der Waals surface area contributed by atoms with Crippen LogP contribution >= 0.6 is 0 Å². The predicted octanol–water partition coefficient (Wildman–Crippen LogP) is 8.90. The molecule has 0 spiro atoms. The van der Waals surface area contributed by atoms with Gasteiger partial charge in [-0.1, -0.05) is 80.6 Å². The zero-order chi connectivity index (χ0) is 24.7. The molecule has 0 bridgehead atoms. The number of nitrogens with zero attached hydrogens (tertiary/aromatic N) is 3. The van der Waals surface area contributed by atoms with Crippen molar-refractivity contribution >= 4 is 55.4 Å². The molecule has 0 aliphatic carbocycles. The lowest BCUT2D eigenvalue weighted by Gasteiger charge is -2.42. The Morgan fingerprint density at radius 1 is 0.568 bits per heavy atom. The fourth-order valence-electron chi connectivity index (χ4n) is 6.38. The maximum atomic E-state index is 5.08. The molecule has 0 saturated carbocycles. The van der Waals surface area contributed by atoms with E-state index in [1.165, 1.54) is 38.8 Å². The normalized spacial score (nSPS) is 14.4. The highest BCUT2D eigenvalue weighted by molar-refractivity contribution is 6.15. The van der Waals surface area contributed by atoms with Gasteiger partial charge in [-0.3, -0.25) is 4.40 Å². The van der Waals surface area contributed by atoms with E-state index >= 15 is 0 Å². The van der Waals surface area contributed by atoms with Gasteiger partial charge in [0.1, 0.15) is 5.65 Å². The topological polar surface area (TPSA) is 20.5 Å². The number of fused-ring (bicyclic) bond motifs is 10. The number of imidazole rings is 1. The molecule has 0 radical (unpaired) electrons. The van der Waals surface area contributed by atoms with Crippen LogP contribution in [0.4, 0.5) is 17.1 Å². The number of para-hydroxylation sites is 5. The SMILES string of the molecule is CC1(C)c2ccccc2N(c2ccc3c(c2)c2ccccc2n2c4ccccc4nc32)c2ccccc21. The molecule has 0 saturated heterocycles. The second kappa shape index (κ2) is 7.21. The molecule has 0 unspecified atom stereocenters. The van der Waals surface area contributed by atoms with Crippen molar-refractivity contribution in [3.05, 3.63) is 126 Å². The van der Waals surface area contributed by atoms with Gasteiger partial charge in [0.15, 0.2) is 0 Å². The zero-order valence-electron chi connectivity index (χ0n) is 20.8. The van der Waals surface area contributed by atoms with Crippen LogP contribution in [-0.4, -0.2) is 9.38 Å². The number of pyridine rings is 1. The Morgan fingerprint density at radius 2 is 1.19 bits per heavy atom. The molecule has 176 valence electrons. The minimum absolute atomic E-state index is 0.0741. The van der Waals surface area contributed by atoms with Gasteiger partial charge in [0, 0.05) is 21.9 Å². The van der Waals surface area contributed by atoms with E-state index < -0.39 is 0 Å². The molecule has 0 amide bonds. The van der Waals surface area contributed by atoms with Crippen LogP contribution in [0, 0.1) is 0 Å². The van der Waals surface area contributed by atoms with Crippen LogP contribution in [0.15, 0.2) is 115 Å². The second-order valence-corrected chi connectivity index (χ2v) is 10.5. The molecule has 2 aromatic heterocycles. The number of anilines is 3. The first-order chi connectivity index (χ1) is 18.1. The second-order valence-electron chi connectivity index (χ2n) is 10.5. The summed E-state index contributed by atoms with van der Waals surface area (Å²) in [6.45, 7) is 4.66. The Bertz CT molecular complexity index is 1980. The maximum absolute atomic E-state index is 5.08. The summed E-state index contributed by atoms with van der Waals surface area (Å²) < 4.78 is 2.31. The average Bonchev–Trinajstić information content (AvgIpc) is 3.33. The summed E-state index contributed by atoms with van der Waals surface area (Å²) in [5.41, 5.74) is 10.6. The molecule has 0 N–H and O–H groups in total. The fraction of sp³-hybridized carbons (Fsp3) is 0.0882. The highest BCUT2D eigenvalue weighted by Crippen LogP contribution is 2.52. The molecule has 7 aromatic rings. The van der Waals surface area contributed by atoms with Crippen molar-refractivity contribution in [2.45, 2.75) is 19.3 Å². The van der Waals surface area contributed by atoms with Crippen molar-refractivity contribution in [1.82, 2.24) is 9.38 Å². The molecule has 8 rings (SSSR count). The van der Waals surface area contributed by atoms with Gasteiger partial charge >= 0.3 is 0 Å². The van der Waals surface area contributed by atoms with Crippen molar-refractivity contribution in [3.63, 3.8) is 0 Å². The third kappa shape index (κ3) is 2.69. The summed E-state index contributed by atoms with van der Waals surface area (Å²) in [5.74, 6) is 0. The van der Waals surface area contributed by atoms with Crippen LogP contribution in [0.1, 0.15) is 25.0 Å². The summed E-state index contributed by atoms with van der Waals surface area (Å²) in [6, 6.07) is 41.6. The predicted molar refractivity (Wildman–Crippen MR) is 155 cm³/mol. The minimum Gasteiger partial charge on any atom is -0.310 e. The van der Waals surface area contributed by atoms with E-state index in [0.717, 1.165) is 27.8 Å². The van der Waals surface area contributed by atoms with E-state index in [1.54, 1.807) is 0 Å². The van der Waals surface area contributed by atoms with Crippen molar-refractivity contribution in [1.29, 1.82) is 0 Å². The maximum Gasteiger partial charge on any atom is 0.146 e. The molecule has 1 aliphatic rings. The van der Waals surface area contributed by atoms with Gasteiger partial charge < -0.3 is 4.90 Å². The summed E-state index contributed by atoms with van der Waals surface area (Å²) in [5, 5.41) is 3.61. The van der Waals surface area contributed by atoms with Gasteiger partial charge in [0.2, 0.25) is 0 Å². The largest absolute Gasteiger partial charge is 0.310 e. The van der Waals surface area contributed by atoms with E-state index in [9.17, 15) is 0 Å². The molecule has 3 nitrogen and oxygen atoms in total. The van der Waals surface area contributed by atoms with Gasteiger partial charge in [-0.15, -0.1) is 0 Å². The third-order valence-electron chi connectivity index (χ3n) is 8.13.